The number of rotatable bonds is 13. The molecule has 0 aliphatic heterocycles. The van der Waals surface area contributed by atoms with E-state index >= 15 is 0 Å². The fourth-order valence-electron chi connectivity index (χ4n) is 6.11. The van der Waals surface area contributed by atoms with Crippen molar-refractivity contribution in [3.8, 4) is 46.0 Å². The predicted octanol–water partition coefficient (Wildman–Crippen LogP) is 12.9. The standard InChI is InChI=1S/C21H17NO5.C21H19NO3.C13H13NO/c1-26-15-9-7-14(8-10-15)20(23)22-19-13-17(11-12-18(19)21(24)25)27-16-5-3-2-4-6-16;1-15-8-11-19(25-18-6-4-3-5-7-18)14-20(15)22-21(23)16-9-12-17(24-2)13-10-16;1-10-7-8-12(9-13(10)14)15-11-5-3-2-4-6-11/h2-13H,1H3,(H,22,23)(H,24,25);3-14H,1-2H3,(H,22,23);2-9H,14H2,1H3. The maximum Gasteiger partial charge on any atom is 0.337 e. The number of aryl methyl sites for hydroxylation is 2. The molecule has 8 aromatic carbocycles. The van der Waals surface area contributed by atoms with E-state index in [1.54, 1.807) is 73.8 Å². The molecule has 0 aliphatic carbocycles. The van der Waals surface area contributed by atoms with E-state index in [1.807, 2.05) is 129 Å². The summed E-state index contributed by atoms with van der Waals surface area (Å²) < 4.78 is 27.3. The summed E-state index contributed by atoms with van der Waals surface area (Å²) in [4.78, 5) is 36.4. The zero-order chi connectivity index (χ0) is 47.5. The van der Waals surface area contributed by atoms with Crippen molar-refractivity contribution in [3.63, 3.8) is 0 Å². The number of ether oxygens (including phenoxy) is 5. The Morgan fingerprint density at radius 2 is 0.776 bits per heavy atom. The van der Waals surface area contributed by atoms with Gasteiger partial charge in [-0.3, -0.25) is 9.59 Å². The van der Waals surface area contributed by atoms with Crippen molar-refractivity contribution < 1.29 is 43.2 Å². The number of carboxylic acid groups (broad SMARTS) is 1. The van der Waals surface area contributed by atoms with Crippen LogP contribution < -0.4 is 40.1 Å². The molecule has 0 unspecified atom stereocenters. The molecule has 67 heavy (non-hydrogen) atoms. The van der Waals surface area contributed by atoms with Gasteiger partial charge in [-0.1, -0.05) is 66.7 Å². The van der Waals surface area contributed by atoms with Gasteiger partial charge in [-0.05, 0) is 134 Å². The maximum atomic E-state index is 12.5. The number of nitrogens with two attached hydrogens (primary N) is 1. The number of benzene rings is 8. The third-order valence-corrected chi connectivity index (χ3v) is 9.82. The highest BCUT2D eigenvalue weighted by molar-refractivity contribution is 6.08. The summed E-state index contributed by atoms with van der Waals surface area (Å²) >= 11 is 0. The van der Waals surface area contributed by atoms with Crippen LogP contribution in [0.2, 0.25) is 0 Å². The van der Waals surface area contributed by atoms with Gasteiger partial charge in [0.05, 0.1) is 25.5 Å². The number of amides is 2. The first-order chi connectivity index (χ1) is 32.5. The summed E-state index contributed by atoms with van der Waals surface area (Å²) in [6.07, 6.45) is 0. The van der Waals surface area contributed by atoms with Gasteiger partial charge in [0, 0.05) is 40.7 Å². The Kier molecular flexibility index (Phi) is 16.7. The molecule has 0 aliphatic rings. The summed E-state index contributed by atoms with van der Waals surface area (Å²) in [7, 11) is 3.13. The van der Waals surface area contributed by atoms with Crippen molar-refractivity contribution in [2.24, 2.45) is 0 Å². The molecular formula is C55H49N3O9. The second-order valence-corrected chi connectivity index (χ2v) is 14.6. The minimum absolute atomic E-state index is 0.0303. The molecule has 5 N–H and O–H groups in total. The van der Waals surface area contributed by atoms with Crippen LogP contribution in [0.5, 0.6) is 46.0 Å². The molecule has 0 fully saturated rings. The summed E-state index contributed by atoms with van der Waals surface area (Å²) in [6.45, 7) is 3.91. The van der Waals surface area contributed by atoms with Gasteiger partial charge >= 0.3 is 5.97 Å². The predicted molar refractivity (Wildman–Crippen MR) is 262 cm³/mol. The number of nitrogens with one attached hydrogen (secondary N) is 2. The highest BCUT2D eigenvalue weighted by atomic mass is 16.5. The lowest BCUT2D eigenvalue weighted by atomic mass is 10.1. The van der Waals surface area contributed by atoms with E-state index in [0.717, 1.165) is 34.1 Å². The number of carbonyl (C=O) groups is 3. The van der Waals surface area contributed by atoms with Crippen molar-refractivity contribution in [1.82, 2.24) is 0 Å². The Labute approximate surface area is 389 Å². The molecule has 0 aromatic heterocycles. The zero-order valence-corrected chi connectivity index (χ0v) is 37.3. The molecule has 338 valence electrons. The first kappa shape index (κ1) is 47.4. The summed E-state index contributed by atoms with van der Waals surface area (Å²) in [5, 5.41) is 15.0. The van der Waals surface area contributed by atoms with Gasteiger partial charge < -0.3 is 45.2 Å². The highest BCUT2D eigenvalue weighted by Crippen LogP contribution is 2.30. The van der Waals surface area contributed by atoms with Crippen molar-refractivity contribution in [2.75, 3.05) is 30.6 Å². The fourth-order valence-corrected chi connectivity index (χ4v) is 6.11. The van der Waals surface area contributed by atoms with Crippen LogP contribution in [0.3, 0.4) is 0 Å². The number of para-hydroxylation sites is 3. The second-order valence-electron chi connectivity index (χ2n) is 14.6. The molecule has 8 rings (SSSR count). The lowest BCUT2D eigenvalue weighted by Crippen LogP contribution is -2.14. The Hall–Kier alpha value is -9.03. The van der Waals surface area contributed by atoms with E-state index in [-0.39, 0.29) is 17.2 Å². The van der Waals surface area contributed by atoms with Gasteiger partial charge in [-0.2, -0.15) is 0 Å². The molecule has 12 heteroatoms. The van der Waals surface area contributed by atoms with Gasteiger partial charge in [-0.25, -0.2) is 4.79 Å². The molecule has 2 amide bonds. The van der Waals surface area contributed by atoms with Gasteiger partial charge in [0.15, 0.2) is 0 Å². The fraction of sp³-hybridized carbons (Fsp3) is 0.0727. The van der Waals surface area contributed by atoms with Crippen LogP contribution in [-0.4, -0.2) is 37.1 Å². The number of hydrogen-bond acceptors (Lipinski definition) is 9. The van der Waals surface area contributed by atoms with Crippen LogP contribution in [-0.2, 0) is 0 Å². The third-order valence-electron chi connectivity index (χ3n) is 9.82. The van der Waals surface area contributed by atoms with E-state index < -0.39 is 11.9 Å². The summed E-state index contributed by atoms with van der Waals surface area (Å²) in [5.74, 6) is 3.60. The van der Waals surface area contributed by atoms with Crippen LogP contribution in [0.1, 0.15) is 42.2 Å². The Morgan fingerprint density at radius 1 is 0.418 bits per heavy atom. The van der Waals surface area contributed by atoms with Gasteiger partial charge in [0.2, 0.25) is 0 Å². The largest absolute Gasteiger partial charge is 0.497 e. The van der Waals surface area contributed by atoms with E-state index in [0.29, 0.717) is 45.6 Å². The van der Waals surface area contributed by atoms with Crippen molar-refractivity contribution in [2.45, 2.75) is 13.8 Å². The summed E-state index contributed by atoms with van der Waals surface area (Å²) in [5.41, 5.74) is 10.4. The maximum absolute atomic E-state index is 12.5. The van der Waals surface area contributed by atoms with E-state index in [1.165, 1.54) is 19.2 Å². The quantitative estimate of drug-likeness (QED) is 0.0818. The first-order valence-corrected chi connectivity index (χ1v) is 20.9. The molecule has 0 atom stereocenters. The summed E-state index contributed by atoms with van der Waals surface area (Å²) in [6, 6.07) is 57.5. The Morgan fingerprint density at radius 3 is 1.18 bits per heavy atom. The average molecular weight is 896 g/mol. The lowest BCUT2D eigenvalue weighted by Gasteiger charge is -2.12. The van der Waals surface area contributed by atoms with Gasteiger partial charge in [-0.15, -0.1) is 0 Å². The number of carbonyl (C=O) groups excluding carboxylic acids is 2. The highest BCUT2D eigenvalue weighted by Gasteiger charge is 2.16. The molecule has 0 saturated carbocycles. The molecule has 12 nitrogen and oxygen atoms in total. The van der Waals surface area contributed by atoms with Crippen LogP contribution in [0, 0.1) is 13.8 Å². The minimum Gasteiger partial charge on any atom is -0.497 e. The molecule has 0 bridgehead atoms. The number of methoxy groups -OCH3 is 2. The van der Waals surface area contributed by atoms with Gasteiger partial charge in [0.25, 0.3) is 11.8 Å². The minimum atomic E-state index is -1.15. The zero-order valence-electron chi connectivity index (χ0n) is 37.3. The van der Waals surface area contributed by atoms with Crippen molar-refractivity contribution in [3.05, 3.63) is 222 Å². The normalized spacial score (nSPS) is 10.1. The van der Waals surface area contributed by atoms with Crippen LogP contribution in [0.4, 0.5) is 17.1 Å². The molecule has 0 heterocycles. The Bertz CT molecular complexity index is 2880. The van der Waals surface area contributed by atoms with Gasteiger partial charge in [0.1, 0.15) is 46.0 Å². The average Bonchev–Trinajstić information content (AvgIpc) is 3.35. The van der Waals surface area contributed by atoms with E-state index in [9.17, 15) is 19.5 Å². The number of aromatic carboxylic acids is 1. The number of nitrogen functional groups attached to an aromatic ring is 1. The molecule has 0 radical (unpaired) electrons. The van der Waals surface area contributed by atoms with Crippen molar-refractivity contribution >= 4 is 34.8 Å². The number of anilines is 3. The van der Waals surface area contributed by atoms with Crippen LogP contribution in [0.15, 0.2) is 194 Å². The smallest absolute Gasteiger partial charge is 0.337 e. The SMILES string of the molecule is COc1ccc(C(=O)Nc2cc(Oc3ccccc3)ccc2C(=O)O)cc1.COc1ccc(C(=O)Nc2cc(Oc3ccccc3)ccc2C)cc1.Cc1ccc(Oc2ccccc2)cc1N. The molecule has 8 aromatic rings. The van der Waals surface area contributed by atoms with E-state index in [4.69, 9.17) is 29.4 Å². The van der Waals surface area contributed by atoms with Crippen molar-refractivity contribution in [1.29, 1.82) is 0 Å². The Balaban J connectivity index is 0.000000172. The lowest BCUT2D eigenvalue weighted by molar-refractivity contribution is 0.0697. The van der Waals surface area contributed by atoms with Crippen LogP contribution >= 0.6 is 0 Å². The van der Waals surface area contributed by atoms with Crippen LogP contribution in [0.25, 0.3) is 0 Å². The molecule has 0 saturated heterocycles. The first-order valence-electron chi connectivity index (χ1n) is 20.9. The molecule has 0 spiro atoms. The molecular weight excluding hydrogens is 847 g/mol. The second kappa shape index (κ2) is 23.6. The monoisotopic (exact) mass is 895 g/mol. The van der Waals surface area contributed by atoms with E-state index in [2.05, 4.69) is 10.6 Å². The number of hydrogen-bond donors (Lipinski definition) is 4. The topological polar surface area (TPSA) is 168 Å². The third kappa shape index (κ3) is 14.2. The number of carboxylic acids is 1.